The van der Waals surface area contributed by atoms with Crippen LogP contribution < -0.4 is 9.30 Å². The van der Waals surface area contributed by atoms with Gasteiger partial charge in [-0.1, -0.05) is 42.5 Å². The molecule has 0 aliphatic carbocycles. The van der Waals surface area contributed by atoms with Gasteiger partial charge in [0, 0.05) is 5.56 Å². The van der Waals surface area contributed by atoms with E-state index in [1.54, 1.807) is 18.5 Å². The summed E-state index contributed by atoms with van der Waals surface area (Å²) in [5, 5.41) is 0. The van der Waals surface area contributed by atoms with Crippen LogP contribution in [0.5, 0.6) is 5.75 Å². The Hall–Kier alpha value is -3.01. The summed E-state index contributed by atoms with van der Waals surface area (Å²) in [6.45, 7) is 2.63. The van der Waals surface area contributed by atoms with Crippen molar-refractivity contribution in [2.75, 3.05) is 0 Å². The summed E-state index contributed by atoms with van der Waals surface area (Å²) in [5.74, 6) is 0.0632. The van der Waals surface area contributed by atoms with E-state index in [-0.39, 0.29) is 5.69 Å². The smallest absolute Gasteiger partial charge is 0.368 e. The lowest BCUT2D eigenvalue weighted by atomic mass is 10.2. The Kier molecular flexibility index (Phi) is 4.43. The maximum Gasteiger partial charge on any atom is 0.368 e. The molecule has 0 saturated heterocycles. The van der Waals surface area contributed by atoms with Crippen LogP contribution in [0.4, 0.5) is 0 Å². The highest BCUT2D eigenvalue weighted by molar-refractivity contribution is 5.88. The molecule has 1 heterocycles. The van der Waals surface area contributed by atoms with Crippen LogP contribution in [0.25, 0.3) is 0 Å². The molecule has 0 N–H and O–H groups in total. The summed E-state index contributed by atoms with van der Waals surface area (Å²) in [6.07, 6.45) is 5.14. The van der Waals surface area contributed by atoms with E-state index in [1.807, 2.05) is 66.2 Å². The van der Waals surface area contributed by atoms with Gasteiger partial charge in [-0.15, -0.1) is 0 Å². The molecule has 0 fully saturated rings. The number of rotatable bonds is 4. The second-order valence-electron chi connectivity index (χ2n) is 5.31. The van der Waals surface area contributed by atoms with E-state index in [0.717, 1.165) is 11.1 Å². The van der Waals surface area contributed by atoms with Gasteiger partial charge in [0.25, 0.3) is 0 Å². The molecule has 1 aromatic heterocycles. The molecule has 0 bridgehead atoms. The van der Waals surface area contributed by atoms with Gasteiger partial charge in [0.1, 0.15) is 5.75 Å². The van der Waals surface area contributed by atoms with Gasteiger partial charge in [0.2, 0.25) is 11.9 Å². The minimum absolute atomic E-state index is 0.282. The second kappa shape index (κ2) is 6.83. The molecule has 4 heteroatoms. The van der Waals surface area contributed by atoms with E-state index in [4.69, 9.17) is 4.74 Å². The molecule has 0 unspecified atom stereocenters. The summed E-state index contributed by atoms with van der Waals surface area (Å²) in [6, 6.07) is 17.4. The lowest BCUT2D eigenvalue weighted by Crippen LogP contribution is -2.35. The molecular weight excluding hydrogens is 288 g/mol. The fourth-order valence-corrected chi connectivity index (χ4v) is 2.27. The molecule has 0 aliphatic rings. The first-order chi connectivity index (χ1) is 11.2. The monoisotopic (exact) mass is 305 g/mol. The maximum atomic E-state index is 12.2. The molecule has 2 aromatic carbocycles. The minimum atomic E-state index is -0.460. The van der Waals surface area contributed by atoms with Crippen molar-refractivity contribution in [3.05, 3.63) is 90.0 Å². The van der Waals surface area contributed by atoms with Crippen LogP contribution in [-0.2, 0) is 6.54 Å². The van der Waals surface area contributed by atoms with Crippen molar-refractivity contribution < 1.29 is 14.1 Å². The van der Waals surface area contributed by atoms with Gasteiger partial charge >= 0.3 is 5.97 Å². The van der Waals surface area contributed by atoms with Gasteiger partial charge in [0.15, 0.2) is 12.7 Å². The van der Waals surface area contributed by atoms with Gasteiger partial charge in [-0.05, 0) is 24.6 Å². The van der Waals surface area contributed by atoms with E-state index in [9.17, 15) is 4.79 Å². The zero-order valence-corrected chi connectivity index (χ0v) is 12.8. The van der Waals surface area contributed by atoms with E-state index >= 15 is 0 Å². The molecule has 0 atom stereocenters. The lowest BCUT2D eigenvalue weighted by Gasteiger charge is -2.04. The zero-order valence-electron chi connectivity index (χ0n) is 12.8. The molecule has 0 spiro atoms. The fourth-order valence-electron chi connectivity index (χ4n) is 2.27. The average molecular weight is 305 g/mol. The molecule has 3 aromatic rings. The number of nitrogens with zero attached hydrogens (tertiary/aromatic N) is 2. The van der Waals surface area contributed by atoms with Crippen molar-refractivity contribution >= 4 is 5.97 Å². The summed E-state index contributed by atoms with van der Waals surface area (Å²) in [7, 11) is 0. The van der Waals surface area contributed by atoms with Crippen molar-refractivity contribution in [1.82, 2.24) is 4.98 Å². The van der Waals surface area contributed by atoms with Gasteiger partial charge in [-0.2, -0.15) is 4.57 Å². The Bertz CT molecular complexity index is 816. The van der Waals surface area contributed by atoms with E-state index in [1.165, 1.54) is 0 Å². The summed E-state index contributed by atoms with van der Waals surface area (Å²) in [4.78, 5) is 16.3. The normalized spacial score (nSPS) is 10.3. The van der Waals surface area contributed by atoms with Crippen LogP contribution in [0, 0.1) is 6.92 Å². The second-order valence-corrected chi connectivity index (χ2v) is 5.31. The number of hydrogen-bond acceptors (Lipinski definition) is 3. The fraction of sp³-hybridized carbons (Fsp3) is 0.105. The molecule has 0 amide bonds. The first-order valence-corrected chi connectivity index (χ1v) is 7.38. The third-order valence-corrected chi connectivity index (χ3v) is 3.38. The van der Waals surface area contributed by atoms with Crippen LogP contribution in [-0.4, -0.2) is 11.0 Å². The molecule has 0 radical (unpaired) electrons. The number of esters is 1. The molecule has 0 saturated carbocycles. The molecule has 114 valence electrons. The van der Waals surface area contributed by atoms with Crippen LogP contribution in [0.2, 0.25) is 0 Å². The first kappa shape index (κ1) is 14.9. The number of carbonyl (C=O) groups excluding carboxylic acids is 1. The molecule has 0 aliphatic heterocycles. The summed E-state index contributed by atoms with van der Waals surface area (Å²) >= 11 is 0. The topological polar surface area (TPSA) is 43.1 Å². The lowest BCUT2D eigenvalue weighted by molar-refractivity contribution is -0.689. The van der Waals surface area contributed by atoms with Gasteiger partial charge < -0.3 is 4.74 Å². The molecule has 4 nitrogen and oxygen atoms in total. The van der Waals surface area contributed by atoms with E-state index in [2.05, 4.69) is 4.98 Å². The van der Waals surface area contributed by atoms with Gasteiger partial charge in [-0.3, -0.25) is 0 Å². The summed E-state index contributed by atoms with van der Waals surface area (Å²) in [5.41, 5.74) is 2.47. The number of carbonyl (C=O) groups is 1. The molecule has 23 heavy (non-hydrogen) atoms. The third-order valence-electron chi connectivity index (χ3n) is 3.38. The van der Waals surface area contributed by atoms with Crippen molar-refractivity contribution in [2.45, 2.75) is 13.5 Å². The number of aryl methyl sites for hydroxylation is 1. The highest BCUT2D eigenvalue weighted by Gasteiger charge is 2.15. The number of ether oxygens (including phenoxy) is 1. The average Bonchev–Trinajstić information content (AvgIpc) is 2.56. The van der Waals surface area contributed by atoms with Crippen molar-refractivity contribution in [1.29, 1.82) is 0 Å². The predicted molar refractivity (Wildman–Crippen MR) is 86.1 cm³/mol. The van der Waals surface area contributed by atoms with Crippen molar-refractivity contribution in [3.8, 4) is 5.75 Å². The third kappa shape index (κ3) is 4.01. The summed E-state index contributed by atoms with van der Waals surface area (Å²) < 4.78 is 7.28. The Balaban J connectivity index is 1.75. The standard InChI is InChI=1S/C19H17N2O2/c1-15-6-5-9-17(12-15)23-19(22)18-14-21(11-10-20-18)13-16-7-3-2-4-8-16/h2-12,14H,13H2,1H3/q+1. The molecular formula is C19H17N2O2+. The quantitative estimate of drug-likeness (QED) is 0.423. The number of hydrogen-bond donors (Lipinski definition) is 0. The Morgan fingerprint density at radius 2 is 1.96 bits per heavy atom. The Morgan fingerprint density at radius 1 is 1.13 bits per heavy atom. The number of benzene rings is 2. The van der Waals surface area contributed by atoms with Crippen LogP contribution in [0.3, 0.4) is 0 Å². The predicted octanol–water partition coefficient (Wildman–Crippen LogP) is 2.95. The number of aromatic nitrogens is 2. The van der Waals surface area contributed by atoms with Crippen LogP contribution >= 0.6 is 0 Å². The van der Waals surface area contributed by atoms with Crippen molar-refractivity contribution in [2.24, 2.45) is 0 Å². The van der Waals surface area contributed by atoms with Crippen molar-refractivity contribution in [3.63, 3.8) is 0 Å². The van der Waals surface area contributed by atoms with Gasteiger partial charge in [-0.25, -0.2) is 9.78 Å². The first-order valence-electron chi connectivity index (χ1n) is 7.38. The van der Waals surface area contributed by atoms with Gasteiger partial charge in [0.05, 0.1) is 6.20 Å². The SMILES string of the molecule is Cc1cccc(OC(=O)c2c[n+](Cc3ccccc3)ccn2)c1. The largest absolute Gasteiger partial charge is 0.422 e. The highest BCUT2D eigenvalue weighted by Crippen LogP contribution is 2.13. The van der Waals surface area contributed by atoms with Crippen LogP contribution in [0.1, 0.15) is 21.6 Å². The molecule has 3 rings (SSSR count). The van der Waals surface area contributed by atoms with E-state index in [0.29, 0.717) is 12.3 Å². The van der Waals surface area contributed by atoms with Crippen LogP contribution in [0.15, 0.2) is 73.2 Å². The van der Waals surface area contributed by atoms with E-state index < -0.39 is 5.97 Å². The zero-order chi connectivity index (χ0) is 16.1. The maximum absolute atomic E-state index is 12.2. The highest BCUT2D eigenvalue weighted by atomic mass is 16.5. The minimum Gasteiger partial charge on any atom is -0.422 e. The Morgan fingerprint density at radius 3 is 2.74 bits per heavy atom. The Labute approximate surface area is 135 Å².